The lowest BCUT2D eigenvalue weighted by molar-refractivity contribution is -0.147. The number of esters is 1. The predicted octanol–water partition coefficient (Wildman–Crippen LogP) is 7.06. The maximum Gasteiger partial charge on any atom is 0.309 e. The molecule has 5 rings (SSSR count). The molecule has 1 heterocycles. The Labute approximate surface area is 200 Å². The normalized spacial score (nSPS) is 47.6. The van der Waals surface area contributed by atoms with E-state index in [1.54, 1.807) is 5.57 Å². The first-order valence-electron chi connectivity index (χ1n) is 13.4. The molecule has 2 unspecified atom stereocenters. The molecule has 33 heavy (non-hydrogen) atoms. The van der Waals surface area contributed by atoms with Gasteiger partial charge in [-0.05, 0) is 86.9 Å². The van der Waals surface area contributed by atoms with Crippen molar-refractivity contribution >= 4 is 11.8 Å². The van der Waals surface area contributed by atoms with E-state index in [2.05, 4.69) is 60.6 Å². The van der Waals surface area contributed by atoms with Gasteiger partial charge in [0.25, 0.3) is 0 Å². The molecule has 0 bridgehead atoms. The zero-order valence-electron chi connectivity index (χ0n) is 21.9. The van der Waals surface area contributed by atoms with E-state index in [9.17, 15) is 9.59 Å². The van der Waals surface area contributed by atoms with Crippen molar-refractivity contribution in [1.82, 2.24) is 0 Å². The van der Waals surface area contributed by atoms with Gasteiger partial charge in [-0.25, -0.2) is 0 Å². The molecule has 0 aromatic carbocycles. The second-order valence-corrected chi connectivity index (χ2v) is 13.6. The fourth-order valence-corrected chi connectivity index (χ4v) is 9.64. The van der Waals surface area contributed by atoms with Gasteiger partial charge in [0.15, 0.2) is 0 Å². The molecule has 0 radical (unpaired) electrons. The van der Waals surface area contributed by atoms with Crippen LogP contribution in [0.25, 0.3) is 0 Å². The number of ketones is 1. The van der Waals surface area contributed by atoms with Crippen LogP contribution >= 0.6 is 0 Å². The Hall–Kier alpha value is -1.38. The van der Waals surface area contributed by atoms with Crippen molar-refractivity contribution < 1.29 is 14.3 Å². The summed E-state index contributed by atoms with van der Waals surface area (Å²) in [4.78, 5) is 25.7. The number of hydrogen-bond acceptors (Lipinski definition) is 3. The molecule has 182 valence electrons. The number of ether oxygens (including phenoxy) is 1. The number of hydrogen-bond donors (Lipinski definition) is 0. The van der Waals surface area contributed by atoms with Crippen molar-refractivity contribution in [3.05, 3.63) is 23.3 Å². The Morgan fingerprint density at radius 3 is 2.55 bits per heavy atom. The molecule has 1 saturated heterocycles. The molecular weight excluding hydrogens is 408 g/mol. The second kappa shape index (κ2) is 7.31. The van der Waals surface area contributed by atoms with Crippen LogP contribution in [0.5, 0.6) is 0 Å². The van der Waals surface area contributed by atoms with E-state index in [0.717, 1.165) is 38.5 Å². The van der Waals surface area contributed by atoms with E-state index >= 15 is 0 Å². The minimum Gasteiger partial charge on any atom is -0.462 e. The summed E-state index contributed by atoms with van der Waals surface area (Å²) in [6.07, 6.45) is 12.9. The van der Waals surface area contributed by atoms with Crippen LogP contribution in [0.4, 0.5) is 0 Å². The summed E-state index contributed by atoms with van der Waals surface area (Å²) in [5.41, 5.74) is 3.13. The van der Waals surface area contributed by atoms with Crippen LogP contribution in [0, 0.1) is 45.3 Å². The Bertz CT molecular complexity index is 936. The van der Waals surface area contributed by atoms with E-state index in [-0.39, 0.29) is 39.7 Å². The highest BCUT2D eigenvalue weighted by Gasteiger charge is 2.70. The van der Waals surface area contributed by atoms with E-state index in [1.165, 1.54) is 18.4 Å². The average Bonchev–Trinajstić information content (AvgIpc) is 3.14. The lowest BCUT2D eigenvalue weighted by atomic mass is 9.41. The zero-order chi connectivity index (χ0) is 24.0. The first kappa shape index (κ1) is 23.4. The van der Waals surface area contributed by atoms with Crippen molar-refractivity contribution in [3.63, 3.8) is 0 Å². The Balaban J connectivity index is 1.49. The van der Waals surface area contributed by atoms with Crippen molar-refractivity contribution in [2.24, 2.45) is 45.3 Å². The van der Waals surface area contributed by atoms with Gasteiger partial charge in [-0.15, -0.1) is 0 Å². The molecule has 1 aliphatic heterocycles. The highest BCUT2D eigenvalue weighted by atomic mass is 16.6. The van der Waals surface area contributed by atoms with E-state index in [4.69, 9.17) is 4.74 Å². The van der Waals surface area contributed by atoms with Gasteiger partial charge in [-0.3, -0.25) is 9.59 Å². The smallest absolute Gasteiger partial charge is 0.309 e. The summed E-state index contributed by atoms with van der Waals surface area (Å²) in [6.45, 7) is 16.1. The maximum atomic E-state index is 12.9. The first-order chi connectivity index (χ1) is 15.4. The Morgan fingerprint density at radius 1 is 1.12 bits per heavy atom. The van der Waals surface area contributed by atoms with Gasteiger partial charge < -0.3 is 4.74 Å². The third-order valence-electron chi connectivity index (χ3n) is 11.7. The standard InChI is InChI=1S/C30H44O3/c1-18(2)9-8-10-19-25-22(33-26(19)32)17-30(7)21-11-12-23-27(3,4)24(31)14-15-28(23,5)20(21)13-16-29(25,30)6/h9,11,19-20,22-23,25H,8,10,12-17H2,1-7H3/t19?,20-,22?,23-,25+,28+,29-,30+/m0/s1. The topological polar surface area (TPSA) is 43.4 Å². The predicted molar refractivity (Wildman–Crippen MR) is 131 cm³/mol. The SMILES string of the molecule is CC(C)=CCCC1C(=O)OC2C[C@]3(C)C4=CC[C@H]5C(C)(C)C(=O)CC[C@]5(C)[C@H]4CC[C@@]3(C)[C@@H]21. The summed E-state index contributed by atoms with van der Waals surface area (Å²) in [6, 6.07) is 0. The summed E-state index contributed by atoms with van der Waals surface area (Å²) >= 11 is 0. The molecule has 3 saturated carbocycles. The third-order valence-corrected chi connectivity index (χ3v) is 11.7. The van der Waals surface area contributed by atoms with Gasteiger partial charge in [0.1, 0.15) is 11.9 Å². The fourth-order valence-electron chi connectivity index (χ4n) is 9.64. The molecule has 0 aromatic heterocycles. The third kappa shape index (κ3) is 2.99. The van der Waals surface area contributed by atoms with Crippen molar-refractivity contribution in [2.45, 2.75) is 106 Å². The van der Waals surface area contributed by atoms with Crippen LogP contribution < -0.4 is 0 Å². The van der Waals surface area contributed by atoms with Crippen LogP contribution in [0.2, 0.25) is 0 Å². The minimum atomic E-state index is -0.228. The fraction of sp³-hybridized carbons (Fsp3) is 0.800. The quantitative estimate of drug-likeness (QED) is 0.340. The summed E-state index contributed by atoms with van der Waals surface area (Å²) in [7, 11) is 0. The number of carbonyl (C=O) groups is 2. The first-order valence-corrected chi connectivity index (χ1v) is 13.4. The van der Waals surface area contributed by atoms with Crippen LogP contribution in [-0.4, -0.2) is 17.9 Å². The van der Waals surface area contributed by atoms with Crippen LogP contribution in [0.3, 0.4) is 0 Å². The van der Waals surface area contributed by atoms with Gasteiger partial charge in [0.2, 0.25) is 0 Å². The molecular formula is C30H44O3. The molecule has 3 heteroatoms. The molecule has 5 aliphatic rings. The molecule has 0 amide bonds. The molecule has 4 fully saturated rings. The van der Waals surface area contributed by atoms with Crippen molar-refractivity contribution in [3.8, 4) is 0 Å². The monoisotopic (exact) mass is 452 g/mol. The van der Waals surface area contributed by atoms with Gasteiger partial charge in [0.05, 0.1) is 5.92 Å². The maximum absolute atomic E-state index is 12.9. The lowest BCUT2D eigenvalue weighted by Gasteiger charge is -2.63. The van der Waals surface area contributed by atoms with Gasteiger partial charge in [-0.2, -0.15) is 0 Å². The second-order valence-electron chi connectivity index (χ2n) is 13.6. The van der Waals surface area contributed by atoms with Crippen molar-refractivity contribution in [1.29, 1.82) is 0 Å². The highest BCUT2D eigenvalue weighted by Crippen LogP contribution is 2.74. The largest absolute Gasteiger partial charge is 0.462 e. The molecule has 0 aromatic rings. The molecule has 8 atom stereocenters. The zero-order valence-corrected chi connectivity index (χ0v) is 21.9. The van der Waals surface area contributed by atoms with Gasteiger partial charge >= 0.3 is 5.97 Å². The summed E-state index contributed by atoms with van der Waals surface area (Å²) < 4.78 is 6.10. The number of Topliss-reactive ketones (excluding diaryl/α,β-unsaturated/α-hetero) is 1. The highest BCUT2D eigenvalue weighted by molar-refractivity contribution is 5.85. The Kier molecular flexibility index (Phi) is 5.18. The number of rotatable bonds is 3. The van der Waals surface area contributed by atoms with Crippen LogP contribution in [-0.2, 0) is 14.3 Å². The average molecular weight is 453 g/mol. The molecule has 3 nitrogen and oxygen atoms in total. The summed E-state index contributed by atoms with van der Waals surface area (Å²) in [5.74, 6) is 1.86. The van der Waals surface area contributed by atoms with Gasteiger partial charge in [0, 0.05) is 17.8 Å². The number of carbonyl (C=O) groups excluding carboxylic acids is 2. The van der Waals surface area contributed by atoms with E-state index in [1.807, 2.05) is 0 Å². The molecule has 4 aliphatic carbocycles. The van der Waals surface area contributed by atoms with E-state index in [0.29, 0.717) is 23.5 Å². The summed E-state index contributed by atoms with van der Waals surface area (Å²) in [5, 5.41) is 0. The lowest BCUT2D eigenvalue weighted by Crippen LogP contribution is -2.57. The minimum absolute atomic E-state index is 0.0349. The number of allylic oxidation sites excluding steroid dienone is 4. The van der Waals surface area contributed by atoms with Crippen molar-refractivity contribution in [2.75, 3.05) is 0 Å². The van der Waals surface area contributed by atoms with Crippen LogP contribution in [0.15, 0.2) is 23.3 Å². The molecule has 0 N–H and O–H groups in total. The molecule has 0 spiro atoms. The number of fused-ring (bicyclic) bond motifs is 7. The van der Waals surface area contributed by atoms with Crippen LogP contribution in [0.1, 0.15) is 99.8 Å². The van der Waals surface area contributed by atoms with Gasteiger partial charge in [-0.1, -0.05) is 57.9 Å². The Morgan fingerprint density at radius 2 is 1.85 bits per heavy atom. The van der Waals surface area contributed by atoms with E-state index < -0.39 is 0 Å².